The third-order valence-corrected chi connectivity index (χ3v) is 4.76. The second kappa shape index (κ2) is 6.55. The molecule has 0 bridgehead atoms. The number of piperazine rings is 1. The third kappa shape index (κ3) is 3.34. The largest absolute Gasteiger partial charge is 0.386 e. The number of rotatable bonds is 4. The van der Waals surface area contributed by atoms with Crippen molar-refractivity contribution in [1.29, 1.82) is 0 Å². The summed E-state index contributed by atoms with van der Waals surface area (Å²) in [7, 11) is 1.74. The number of amides is 1. The molecule has 1 saturated heterocycles. The van der Waals surface area contributed by atoms with Gasteiger partial charge in [0.15, 0.2) is 5.69 Å². The van der Waals surface area contributed by atoms with Crippen LogP contribution in [0, 0.1) is 0 Å². The van der Waals surface area contributed by atoms with Crippen LogP contribution in [0.2, 0.25) is 0 Å². The molecule has 22 heavy (non-hydrogen) atoms. The summed E-state index contributed by atoms with van der Waals surface area (Å²) in [5.74, 6) is -0.0773. The number of β-amino-alcohol motifs (C(OH)–C–C–N with tert-alkyl or cyclic N) is 1. The summed E-state index contributed by atoms with van der Waals surface area (Å²) in [5, 5.41) is 19.8. The van der Waals surface area contributed by atoms with Crippen LogP contribution >= 0.6 is 11.3 Å². The Kier molecular flexibility index (Phi) is 4.51. The van der Waals surface area contributed by atoms with E-state index in [4.69, 9.17) is 0 Å². The lowest BCUT2D eigenvalue weighted by Crippen LogP contribution is -2.49. The molecule has 0 unspecified atom stereocenters. The zero-order valence-corrected chi connectivity index (χ0v) is 13.2. The lowest BCUT2D eigenvalue weighted by molar-refractivity contribution is 0.0528. The Bertz CT molecular complexity index is 619. The maximum absolute atomic E-state index is 12.3. The summed E-state index contributed by atoms with van der Waals surface area (Å²) in [6.45, 7) is 3.41. The van der Waals surface area contributed by atoms with Crippen molar-refractivity contribution in [2.45, 2.75) is 6.10 Å². The molecule has 0 saturated carbocycles. The molecule has 8 heteroatoms. The van der Waals surface area contributed by atoms with Crippen molar-refractivity contribution in [2.75, 3.05) is 32.7 Å². The fourth-order valence-corrected chi connectivity index (χ4v) is 3.26. The van der Waals surface area contributed by atoms with Gasteiger partial charge in [0.25, 0.3) is 5.91 Å². The molecule has 2 aromatic rings. The lowest BCUT2D eigenvalue weighted by Gasteiger charge is -2.35. The molecule has 0 radical (unpaired) electrons. The summed E-state index contributed by atoms with van der Waals surface area (Å²) in [5.41, 5.74) is 0.384. The highest BCUT2D eigenvalue weighted by atomic mass is 32.1. The van der Waals surface area contributed by atoms with E-state index in [1.54, 1.807) is 29.5 Å². The van der Waals surface area contributed by atoms with Gasteiger partial charge in [0.1, 0.15) is 6.10 Å². The minimum absolute atomic E-state index is 0.0773. The molecular formula is C14H19N5O2S. The molecule has 1 amide bonds. The maximum atomic E-state index is 12.3. The molecule has 1 aliphatic heterocycles. The van der Waals surface area contributed by atoms with E-state index in [1.165, 1.54) is 4.68 Å². The van der Waals surface area contributed by atoms with Gasteiger partial charge in [-0.05, 0) is 11.4 Å². The second-order valence-corrected chi connectivity index (χ2v) is 6.38. The van der Waals surface area contributed by atoms with Gasteiger partial charge in [-0.15, -0.1) is 16.4 Å². The van der Waals surface area contributed by atoms with Crippen LogP contribution in [0.1, 0.15) is 21.5 Å². The zero-order chi connectivity index (χ0) is 15.5. The molecule has 1 atom stereocenters. The molecule has 1 aliphatic rings. The number of thiophene rings is 1. The Balaban J connectivity index is 1.51. The van der Waals surface area contributed by atoms with Gasteiger partial charge in [0, 0.05) is 44.6 Å². The number of carbonyl (C=O) groups excluding carboxylic acids is 1. The van der Waals surface area contributed by atoms with Gasteiger partial charge in [-0.1, -0.05) is 11.3 Å². The fourth-order valence-electron chi connectivity index (χ4n) is 2.56. The van der Waals surface area contributed by atoms with Crippen LogP contribution in [0.4, 0.5) is 0 Å². The minimum Gasteiger partial charge on any atom is -0.386 e. The predicted molar refractivity (Wildman–Crippen MR) is 82.6 cm³/mol. The van der Waals surface area contributed by atoms with E-state index in [2.05, 4.69) is 15.2 Å². The smallest absolute Gasteiger partial charge is 0.276 e. The van der Waals surface area contributed by atoms with Crippen molar-refractivity contribution in [3.05, 3.63) is 34.3 Å². The van der Waals surface area contributed by atoms with Crippen LogP contribution in [-0.4, -0.2) is 68.5 Å². The summed E-state index contributed by atoms with van der Waals surface area (Å²) < 4.78 is 1.53. The van der Waals surface area contributed by atoms with Crippen LogP contribution in [0.25, 0.3) is 0 Å². The van der Waals surface area contributed by atoms with Crippen LogP contribution in [-0.2, 0) is 7.05 Å². The number of aromatic nitrogens is 3. The third-order valence-electron chi connectivity index (χ3n) is 3.78. The highest BCUT2D eigenvalue weighted by Gasteiger charge is 2.25. The van der Waals surface area contributed by atoms with Gasteiger partial charge in [-0.3, -0.25) is 14.4 Å². The molecule has 1 N–H and O–H groups in total. The highest BCUT2D eigenvalue weighted by molar-refractivity contribution is 7.10. The van der Waals surface area contributed by atoms with E-state index < -0.39 is 6.10 Å². The molecule has 118 valence electrons. The predicted octanol–water partition coefficient (Wildman–Crippen LogP) is 0.368. The zero-order valence-electron chi connectivity index (χ0n) is 12.4. The molecular weight excluding hydrogens is 302 g/mol. The number of hydrogen-bond acceptors (Lipinski definition) is 6. The van der Waals surface area contributed by atoms with Gasteiger partial charge in [-0.2, -0.15) is 0 Å². The van der Waals surface area contributed by atoms with Crippen molar-refractivity contribution < 1.29 is 9.90 Å². The number of aliphatic hydroxyl groups is 1. The van der Waals surface area contributed by atoms with Crippen molar-refractivity contribution >= 4 is 17.2 Å². The number of aryl methyl sites for hydroxylation is 1. The van der Waals surface area contributed by atoms with Crippen molar-refractivity contribution in [3.8, 4) is 0 Å². The molecule has 3 rings (SSSR count). The maximum Gasteiger partial charge on any atom is 0.276 e. The van der Waals surface area contributed by atoms with Gasteiger partial charge in [-0.25, -0.2) is 0 Å². The number of carbonyl (C=O) groups is 1. The van der Waals surface area contributed by atoms with E-state index in [-0.39, 0.29) is 5.91 Å². The highest BCUT2D eigenvalue weighted by Crippen LogP contribution is 2.20. The van der Waals surface area contributed by atoms with Gasteiger partial charge < -0.3 is 10.0 Å². The van der Waals surface area contributed by atoms with Crippen molar-refractivity contribution in [2.24, 2.45) is 7.05 Å². The summed E-state index contributed by atoms with van der Waals surface area (Å²) >= 11 is 1.57. The number of aliphatic hydroxyl groups excluding tert-OH is 1. The van der Waals surface area contributed by atoms with E-state index in [0.717, 1.165) is 18.0 Å². The molecule has 0 aliphatic carbocycles. The van der Waals surface area contributed by atoms with Crippen molar-refractivity contribution in [1.82, 2.24) is 24.8 Å². The Morgan fingerprint density at radius 1 is 1.41 bits per heavy atom. The first kappa shape index (κ1) is 15.1. The summed E-state index contributed by atoms with van der Waals surface area (Å²) in [6, 6.07) is 3.89. The summed E-state index contributed by atoms with van der Waals surface area (Å²) in [4.78, 5) is 17.2. The van der Waals surface area contributed by atoms with E-state index >= 15 is 0 Å². The standard InChI is InChI=1S/C14H19N5O2S/c1-17-9-11(15-16-17)14(21)19-6-4-18(5-7-19)10-12(20)13-3-2-8-22-13/h2-3,8-9,12,20H,4-7,10H2,1H3/t12-/m0/s1. The molecule has 3 heterocycles. The molecule has 0 aromatic carbocycles. The topological polar surface area (TPSA) is 74.5 Å². The molecule has 2 aromatic heterocycles. The SMILES string of the molecule is Cn1cc(C(=O)N2CCN(C[C@H](O)c3cccs3)CC2)nn1. The Morgan fingerprint density at radius 3 is 2.77 bits per heavy atom. The van der Waals surface area contributed by atoms with Gasteiger partial charge in [0.2, 0.25) is 0 Å². The molecule has 7 nitrogen and oxygen atoms in total. The van der Waals surface area contributed by atoms with E-state index in [1.807, 2.05) is 17.5 Å². The summed E-state index contributed by atoms with van der Waals surface area (Å²) in [6.07, 6.45) is 1.18. The second-order valence-electron chi connectivity index (χ2n) is 5.40. The molecule has 1 fully saturated rings. The normalized spacial score (nSPS) is 17.6. The monoisotopic (exact) mass is 321 g/mol. The first-order valence-corrected chi connectivity index (χ1v) is 8.11. The first-order valence-electron chi connectivity index (χ1n) is 7.23. The molecule has 0 spiro atoms. The Hall–Kier alpha value is -1.77. The van der Waals surface area contributed by atoms with E-state index in [9.17, 15) is 9.90 Å². The van der Waals surface area contributed by atoms with Crippen molar-refractivity contribution in [3.63, 3.8) is 0 Å². The average Bonchev–Trinajstić information content (AvgIpc) is 3.18. The number of hydrogen-bond donors (Lipinski definition) is 1. The van der Waals surface area contributed by atoms with Gasteiger partial charge in [0.05, 0.1) is 6.20 Å². The Labute approximate surface area is 132 Å². The van der Waals surface area contributed by atoms with Crippen LogP contribution in [0.5, 0.6) is 0 Å². The van der Waals surface area contributed by atoms with Crippen LogP contribution in [0.3, 0.4) is 0 Å². The van der Waals surface area contributed by atoms with Crippen LogP contribution in [0.15, 0.2) is 23.7 Å². The van der Waals surface area contributed by atoms with Crippen LogP contribution < -0.4 is 0 Å². The number of nitrogens with zero attached hydrogens (tertiary/aromatic N) is 5. The minimum atomic E-state index is -0.456. The van der Waals surface area contributed by atoms with Gasteiger partial charge >= 0.3 is 0 Å². The Morgan fingerprint density at radius 2 is 2.18 bits per heavy atom. The average molecular weight is 321 g/mol. The fraction of sp³-hybridized carbons (Fsp3) is 0.500. The first-order chi connectivity index (χ1) is 10.6. The van der Waals surface area contributed by atoms with E-state index in [0.29, 0.717) is 25.3 Å². The lowest BCUT2D eigenvalue weighted by atomic mass is 10.2. The quantitative estimate of drug-likeness (QED) is 0.880.